The lowest BCUT2D eigenvalue weighted by Crippen LogP contribution is -2.35. The molecule has 1 saturated heterocycles. The molecule has 3 aliphatic rings. The highest BCUT2D eigenvalue weighted by atomic mass is 19.2. The Kier molecular flexibility index (Phi) is 5.51. The smallest absolute Gasteiger partial charge is 0.200 e. The first-order valence-corrected chi connectivity index (χ1v) is 10.2. The molecule has 1 aliphatic heterocycles. The molecule has 1 unspecified atom stereocenters. The monoisotopic (exact) mass is 378 g/mol. The van der Waals surface area contributed by atoms with Crippen LogP contribution in [0.15, 0.2) is 23.8 Å². The fourth-order valence-electron chi connectivity index (χ4n) is 4.85. The molecule has 5 heteroatoms. The third-order valence-corrected chi connectivity index (χ3v) is 6.35. The number of hydrogen-bond donors (Lipinski definition) is 0. The van der Waals surface area contributed by atoms with E-state index in [2.05, 4.69) is 6.08 Å². The van der Waals surface area contributed by atoms with Crippen molar-refractivity contribution in [1.82, 2.24) is 0 Å². The van der Waals surface area contributed by atoms with Crippen LogP contribution < -0.4 is 4.74 Å². The first-order valence-electron chi connectivity index (χ1n) is 10.2. The second kappa shape index (κ2) is 7.88. The Morgan fingerprint density at radius 2 is 1.78 bits per heavy atom. The van der Waals surface area contributed by atoms with Gasteiger partial charge in [0.25, 0.3) is 0 Å². The average Bonchev–Trinajstić information content (AvgIpc) is 3.15. The minimum absolute atomic E-state index is 0.00160. The highest BCUT2D eigenvalue weighted by Gasteiger charge is 2.41. The number of hydrogen-bond acceptors (Lipinski definition) is 3. The van der Waals surface area contributed by atoms with Crippen molar-refractivity contribution in [2.45, 2.75) is 63.6 Å². The summed E-state index contributed by atoms with van der Waals surface area (Å²) in [5, 5.41) is 0. The molecule has 27 heavy (non-hydrogen) atoms. The summed E-state index contributed by atoms with van der Waals surface area (Å²) in [7, 11) is 0. The Morgan fingerprint density at radius 3 is 2.41 bits per heavy atom. The van der Waals surface area contributed by atoms with Gasteiger partial charge in [0.05, 0.1) is 19.8 Å². The van der Waals surface area contributed by atoms with Gasteiger partial charge in [-0.1, -0.05) is 17.7 Å². The first-order chi connectivity index (χ1) is 13.1. The van der Waals surface area contributed by atoms with Gasteiger partial charge < -0.3 is 14.2 Å². The Bertz CT molecular complexity index is 700. The number of benzene rings is 1. The minimum Gasteiger partial charge on any atom is -0.491 e. The van der Waals surface area contributed by atoms with Gasteiger partial charge in [-0.15, -0.1) is 0 Å². The number of ether oxygens (including phenoxy) is 3. The number of rotatable bonds is 4. The molecule has 0 aromatic heterocycles. The van der Waals surface area contributed by atoms with Crippen LogP contribution in [0.25, 0.3) is 0 Å². The van der Waals surface area contributed by atoms with Crippen LogP contribution >= 0.6 is 0 Å². The molecule has 1 spiro atoms. The molecule has 1 atom stereocenters. The van der Waals surface area contributed by atoms with Gasteiger partial charge in [-0.05, 0) is 62.5 Å². The van der Waals surface area contributed by atoms with Crippen LogP contribution in [-0.4, -0.2) is 25.6 Å². The van der Waals surface area contributed by atoms with Crippen LogP contribution in [0.3, 0.4) is 0 Å². The first kappa shape index (κ1) is 18.9. The van der Waals surface area contributed by atoms with Gasteiger partial charge in [0.1, 0.15) is 0 Å². The maximum atomic E-state index is 14.5. The molecule has 148 valence electrons. The Balaban J connectivity index is 1.40. The Morgan fingerprint density at radius 1 is 1.04 bits per heavy atom. The van der Waals surface area contributed by atoms with Crippen molar-refractivity contribution in [3.63, 3.8) is 0 Å². The van der Waals surface area contributed by atoms with E-state index in [0.29, 0.717) is 31.3 Å². The van der Waals surface area contributed by atoms with Crippen molar-refractivity contribution >= 4 is 0 Å². The third kappa shape index (κ3) is 3.77. The molecular formula is C22H28F2O3. The summed E-state index contributed by atoms with van der Waals surface area (Å²) in [6.07, 6.45) is 8.94. The molecule has 0 N–H and O–H groups in total. The Hall–Kier alpha value is -1.46. The predicted octanol–water partition coefficient (Wildman–Crippen LogP) is 5.49. The van der Waals surface area contributed by atoms with Crippen LogP contribution in [-0.2, 0) is 9.47 Å². The molecular weight excluding hydrogens is 350 g/mol. The van der Waals surface area contributed by atoms with Gasteiger partial charge >= 0.3 is 0 Å². The van der Waals surface area contributed by atoms with Crippen molar-refractivity contribution in [1.29, 1.82) is 0 Å². The summed E-state index contributed by atoms with van der Waals surface area (Å²) in [6.45, 7) is 3.50. The zero-order chi connectivity index (χ0) is 18.9. The molecule has 3 nitrogen and oxygen atoms in total. The SMILES string of the molecule is CCOc1ccc(C2CC=C(C3CCC4(CC3)OCCO4)CC2)c(F)c1F. The lowest BCUT2D eigenvalue weighted by atomic mass is 9.74. The highest BCUT2D eigenvalue weighted by molar-refractivity contribution is 5.34. The van der Waals surface area contributed by atoms with Crippen LogP contribution in [0, 0.1) is 17.6 Å². The van der Waals surface area contributed by atoms with E-state index in [9.17, 15) is 8.78 Å². The van der Waals surface area contributed by atoms with E-state index in [1.165, 1.54) is 5.57 Å². The van der Waals surface area contributed by atoms with Gasteiger partial charge in [-0.2, -0.15) is 4.39 Å². The molecule has 0 amide bonds. The summed E-state index contributed by atoms with van der Waals surface area (Å²) in [4.78, 5) is 0. The van der Waals surface area contributed by atoms with Crippen LogP contribution in [0.4, 0.5) is 8.78 Å². The second-order valence-corrected chi connectivity index (χ2v) is 7.85. The molecule has 1 heterocycles. The summed E-state index contributed by atoms with van der Waals surface area (Å²) in [5.41, 5.74) is 1.95. The third-order valence-electron chi connectivity index (χ3n) is 6.35. The lowest BCUT2D eigenvalue weighted by Gasteiger charge is -2.37. The fraction of sp³-hybridized carbons (Fsp3) is 0.636. The quantitative estimate of drug-likeness (QED) is 0.649. The molecule has 2 fully saturated rings. The van der Waals surface area contributed by atoms with Gasteiger partial charge in [-0.25, -0.2) is 4.39 Å². The maximum absolute atomic E-state index is 14.5. The lowest BCUT2D eigenvalue weighted by molar-refractivity contribution is -0.180. The van der Waals surface area contributed by atoms with Gasteiger partial charge in [0, 0.05) is 12.8 Å². The van der Waals surface area contributed by atoms with E-state index in [-0.39, 0.29) is 17.5 Å². The van der Waals surface area contributed by atoms with E-state index < -0.39 is 11.6 Å². The molecule has 1 aromatic rings. The molecule has 2 aliphatic carbocycles. The standard InChI is InChI=1S/C22H28F2O3/c1-2-25-19-8-7-18(20(23)21(19)24)17-5-3-15(4-6-17)16-9-11-22(12-10-16)26-13-14-27-22/h3,7-8,16-17H,2,4-6,9-14H2,1H3. The van der Waals surface area contributed by atoms with E-state index in [1.54, 1.807) is 19.1 Å². The summed E-state index contributed by atoms with van der Waals surface area (Å²) < 4.78 is 45.4. The number of allylic oxidation sites excluding steroid dienone is 2. The fourth-order valence-corrected chi connectivity index (χ4v) is 4.85. The summed E-state index contributed by atoms with van der Waals surface area (Å²) >= 11 is 0. The van der Waals surface area contributed by atoms with Gasteiger partial charge in [-0.3, -0.25) is 0 Å². The highest BCUT2D eigenvalue weighted by Crippen LogP contribution is 2.44. The minimum atomic E-state index is -0.863. The van der Waals surface area contributed by atoms with Crippen molar-refractivity contribution in [2.75, 3.05) is 19.8 Å². The van der Waals surface area contributed by atoms with Gasteiger partial charge in [0.2, 0.25) is 5.82 Å². The van der Waals surface area contributed by atoms with Crippen molar-refractivity contribution in [2.24, 2.45) is 5.92 Å². The van der Waals surface area contributed by atoms with Crippen LogP contribution in [0.2, 0.25) is 0 Å². The average molecular weight is 378 g/mol. The normalized spacial score (nSPS) is 25.6. The predicted molar refractivity (Wildman–Crippen MR) is 98.8 cm³/mol. The summed E-state index contributed by atoms with van der Waals surface area (Å²) in [5.74, 6) is -1.33. The maximum Gasteiger partial charge on any atom is 0.200 e. The van der Waals surface area contributed by atoms with Crippen LogP contribution in [0.5, 0.6) is 5.75 Å². The van der Waals surface area contributed by atoms with Gasteiger partial charge in [0.15, 0.2) is 17.4 Å². The molecule has 1 saturated carbocycles. The van der Waals surface area contributed by atoms with Crippen molar-refractivity contribution in [3.05, 3.63) is 41.0 Å². The molecule has 1 aromatic carbocycles. The van der Waals surface area contributed by atoms with E-state index >= 15 is 0 Å². The zero-order valence-electron chi connectivity index (χ0n) is 15.9. The van der Waals surface area contributed by atoms with Crippen molar-refractivity contribution < 1.29 is 23.0 Å². The number of halogens is 2. The van der Waals surface area contributed by atoms with Crippen LogP contribution in [0.1, 0.15) is 63.4 Å². The topological polar surface area (TPSA) is 27.7 Å². The zero-order valence-corrected chi connectivity index (χ0v) is 15.9. The largest absolute Gasteiger partial charge is 0.491 e. The second-order valence-electron chi connectivity index (χ2n) is 7.85. The van der Waals surface area contributed by atoms with E-state index in [0.717, 1.165) is 44.9 Å². The van der Waals surface area contributed by atoms with Crippen molar-refractivity contribution in [3.8, 4) is 5.75 Å². The molecule has 4 rings (SSSR count). The molecule has 0 radical (unpaired) electrons. The molecule has 0 bridgehead atoms. The summed E-state index contributed by atoms with van der Waals surface area (Å²) in [6, 6.07) is 3.24. The van der Waals surface area contributed by atoms with E-state index in [4.69, 9.17) is 14.2 Å². The Labute approximate surface area is 159 Å². The van der Waals surface area contributed by atoms with E-state index in [1.807, 2.05) is 0 Å².